The minimum atomic E-state index is -0.127. The van der Waals surface area contributed by atoms with Gasteiger partial charge in [0, 0.05) is 11.1 Å². The van der Waals surface area contributed by atoms with Crippen molar-refractivity contribution in [1.82, 2.24) is 20.5 Å². The van der Waals surface area contributed by atoms with Crippen molar-refractivity contribution in [2.75, 3.05) is 0 Å². The molecule has 0 spiro atoms. The third-order valence-corrected chi connectivity index (χ3v) is 4.86. The van der Waals surface area contributed by atoms with E-state index in [9.17, 15) is 4.79 Å². The number of hydrogen-bond donors (Lipinski definition) is 2. The van der Waals surface area contributed by atoms with Gasteiger partial charge in [0.05, 0.1) is 5.56 Å². The van der Waals surface area contributed by atoms with Crippen LogP contribution < -0.4 is 5.32 Å². The number of carbonyl (C=O) groups is 1. The molecule has 1 fully saturated rings. The number of H-pyrrole nitrogens is 1. The van der Waals surface area contributed by atoms with Gasteiger partial charge < -0.3 is 5.32 Å². The molecule has 5 heteroatoms. The molecule has 0 atom stereocenters. The Morgan fingerprint density at radius 2 is 1.92 bits per heavy atom. The maximum atomic E-state index is 12.9. The van der Waals surface area contributed by atoms with Crippen molar-refractivity contribution >= 4 is 5.91 Å². The quantitative estimate of drug-likeness (QED) is 0.753. The topological polar surface area (TPSA) is 70.7 Å². The molecular weight excluding hydrogens is 312 g/mol. The Labute approximate surface area is 146 Å². The fourth-order valence-electron chi connectivity index (χ4n) is 3.20. The number of hydrogen-bond acceptors (Lipinski definition) is 3. The zero-order chi connectivity index (χ0) is 17.3. The van der Waals surface area contributed by atoms with E-state index < -0.39 is 0 Å². The number of aromatic nitrogens is 3. The number of carbonyl (C=O) groups excluding carboxylic acids is 1. The number of amides is 1. The van der Waals surface area contributed by atoms with Crippen LogP contribution in [0.1, 0.15) is 34.3 Å². The Balaban J connectivity index is 1.56. The van der Waals surface area contributed by atoms with Gasteiger partial charge in [-0.25, -0.2) is 4.98 Å². The molecule has 1 aliphatic rings. The Kier molecular flexibility index (Phi) is 3.84. The van der Waals surface area contributed by atoms with Crippen LogP contribution in [0, 0.1) is 6.92 Å². The van der Waals surface area contributed by atoms with Gasteiger partial charge in [-0.3, -0.25) is 9.89 Å². The van der Waals surface area contributed by atoms with Crippen LogP contribution in [0.15, 0.2) is 54.9 Å². The summed E-state index contributed by atoms with van der Waals surface area (Å²) in [6.45, 7) is 2.12. The Morgan fingerprint density at radius 3 is 2.64 bits per heavy atom. The lowest BCUT2D eigenvalue weighted by Gasteiger charge is -2.19. The highest BCUT2D eigenvalue weighted by Crippen LogP contribution is 2.39. The molecule has 5 nitrogen and oxygen atoms in total. The summed E-state index contributed by atoms with van der Waals surface area (Å²) < 4.78 is 0. The Bertz CT molecular complexity index is 898. The van der Waals surface area contributed by atoms with Crippen LogP contribution in [0.5, 0.6) is 0 Å². The largest absolute Gasteiger partial charge is 0.346 e. The summed E-state index contributed by atoms with van der Waals surface area (Å²) in [6.07, 6.45) is 4.34. The zero-order valence-corrected chi connectivity index (χ0v) is 14.1. The average Bonchev–Trinajstić information content (AvgIpc) is 3.16. The highest BCUT2D eigenvalue weighted by Gasteiger charge is 2.44. The van der Waals surface area contributed by atoms with Crippen LogP contribution in [0.25, 0.3) is 11.4 Å². The highest BCUT2D eigenvalue weighted by molar-refractivity contribution is 6.00. The van der Waals surface area contributed by atoms with Gasteiger partial charge in [-0.15, -0.1) is 0 Å². The molecule has 2 aromatic carbocycles. The number of benzene rings is 2. The molecule has 0 radical (unpaired) electrons. The van der Waals surface area contributed by atoms with Crippen LogP contribution in [0.3, 0.4) is 0 Å². The number of rotatable bonds is 5. The number of nitrogens with zero attached hydrogens (tertiary/aromatic N) is 2. The first-order valence-electron chi connectivity index (χ1n) is 8.49. The molecule has 0 aliphatic heterocycles. The minimum Gasteiger partial charge on any atom is -0.346 e. The molecule has 0 unspecified atom stereocenters. The number of aromatic amines is 1. The third kappa shape index (κ3) is 3.18. The van der Waals surface area contributed by atoms with E-state index in [1.54, 1.807) is 0 Å². The summed E-state index contributed by atoms with van der Waals surface area (Å²) in [4.78, 5) is 17.1. The summed E-state index contributed by atoms with van der Waals surface area (Å²) in [7, 11) is 0. The molecule has 0 bridgehead atoms. The van der Waals surface area contributed by atoms with E-state index >= 15 is 0 Å². The van der Waals surface area contributed by atoms with Gasteiger partial charge in [0.25, 0.3) is 5.91 Å². The number of nitrogens with one attached hydrogen (secondary N) is 2. The molecule has 2 N–H and O–H groups in total. The van der Waals surface area contributed by atoms with Gasteiger partial charge in [-0.1, -0.05) is 42.5 Å². The molecule has 1 saturated carbocycles. The predicted octanol–water partition coefficient (Wildman–Crippen LogP) is 3.29. The standard InChI is InChI=1S/C20H20N4O/c1-14-6-2-3-7-15(14)12-20(10-11-20)23-19(25)17-9-5-4-8-16(17)18-21-13-22-24-18/h2-9,13H,10-12H2,1H3,(H,23,25)(H,21,22,24). The smallest absolute Gasteiger partial charge is 0.252 e. The normalized spacial score (nSPS) is 14.9. The van der Waals surface area contributed by atoms with E-state index in [1.807, 2.05) is 30.3 Å². The van der Waals surface area contributed by atoms with E-state index in [4.69, 9.17) is 0 Å². The van der Waals surface area contributed by atoms with Crippen LogP contribution in [-0.2, 0) is 6.42 Å². The summed E-state index contributed by atoms with van der Waals surface area (Å²) in [5.74, 6) is 0.549. The molecule has 126 valence electrons. The third-order valence-electron chi connectivity index (χ3n) is 4.86. The van der Waals surface area contributed by atoms with Crippen LogP contribution in [0.2, 0.25) is 0 Å². The second kappa shape index (κ2) is 6.16. The Hall–Kier alpha value is -2.95. The second-order valence-electron chi connectivity index (χ2n) is 6.72. The molecule has 0 saturated heterocycles. The average molecular weight is 332 g/mol. The lowest BCUT2D eigenvalue weighted by atomic mass is 9.98. The molecule has 1 aromatic heterocycles. The Morgan fingerprint density at radius 1 is 1.16 bits per heavy atom. The molecule has 1 heterocycles. The molecule has 3 aromatic rings. The summed E-state index contributed by atoms with van der Waals surface area (Å²) >= 11 is 0. The summed E-state index contributed by atoms with van der Waals surface area (Å²) in [6, 6.07) is 15.8. The summed E-state index contributed by atoms with van der Waals surface area (Å²) in [5, 5.41) is 9.98. The van der Waals surface area contributed by atoms with Crippen molar-refractivity contribution in [1.29, 1.82) is 0 Å². The lowest BCUT2D eigenvalue weighted by Crippen LogP contribution is -2.39. The van der Waals surface area contributed by atoms with Gasteiger partial charge in [0.1, 0.15) is 6.33 Å². The van der Waals surface area contributed by atoms with Gasteiger partial charge in [-0.2, -0.15) is 5.10 Å². The van der Waals surface area contributed by atoms with Crippen molar-refractivity contribution in [2.45, 2.75) is 31.7 Å². The molecule has 4 rings (SSSR count). The van der Waals surface area contributed by atoms with E-state index in [-0.39, 0.29) is 11.4 Å². The van der Waals surface area contributed by atoms with Crippen molar-refractivity contribution < 1.29 is 4.79 Å². The van der Waals surface area contributed by atoms with Gasteiger partial charge >= 0.3 is 0 Å². The molecule has 1 amide bonds. The van der Waals surface area contributed by atoms with E-state index in [2.05, 4.69) is 45.6 Å². The van der Waals surface area contributed by atoms with Crippen LogP contribution in [-0.4, -0.2) is 26.6 Å². The van der Waals surface area contributed by atoms with Crippen molar-refractivity contribution in [3.05, 3.63) is 71.5 Å². The van der Waals surface area contributed by atoms with Gasteiger partial charge in [0.15, 0.2) is 5.82 Å². The first-order chi connectivity index (χ1) is 12.2. The van der Waals surface area contributed by atoms with Gasteiger partial charge in [-0.05, 0) is 43.4 Å². The SMILES string of the molecule is Cc1ccccc1CC1(NC(=O)c2ccccc2-c2ncn[nH]2)CC1. The fraction of sp³-hybridized carbons (Fsp3) is 0.250. The maximum absolute atomic E-state index is 12.9. The molecular formula is C20H20N4O. The predicted molar refractivity (Wildman–Crippen MR) is 96.1 cm³/mol. The van der Waals surface area contributed by atoms with E-state index in [0.717, 1.165) is 24.8 Å². The van der Waals surface area contributed by atoms with Crippen LogP contribution >= 0.6 is 0 Å². The summed E-state index contributed by atoms with van der Waals surface area (Å²) in [5.41, 5.74) is 3.82. The minimum absolute atomic E-state index is 0.0573. The van der Waals surface area contributed by atoms with Crippen molar-refractivity contribution in [2.24, 2.45) is 0 Å². The first kappa shape index (κ1) is 15.6. The second-order valence-corrected chi connectivity index (χ2v) is 6.72. The molecule has 25 heavy (non-hydrogen) atoms. The van der Waals surface area contributed by atoms with Crippen molar-refractivity contribution in [3.8, 4) is 11.4 Å². The van der Waals surface area contributed by atoms with Crippen molar-refractivity contribution in [3.63, 3.8) is 0 Å². The van der Waals surface area contributed by atoms with Gasteiger partial charge in [0.2, 0.25) is 0 Å². The zero-order valence-electron chi connectivity index (χ0n) is 14.1. The lowest BCUT2D eigenvalue weighted by molar-refractivity contribution is 0.0932. The van der Waals surface area contributed by atoms with E-state index in [1.165, 1.54) is 17.5 Å². The molecule has 1 aliphatic carbocycles. The number of aryl methyl sites for hydroxylation is 1. The maximum Gasteiger partial charge on any atom is 0.252 e. The monoisotopic (exact) mass is 332 g/mol. The highest BCUT2D eigenvalue weighted by atomic mass is 16.1. The van der Waals surface area contributed by atoms with Crippen LogP contribution in [0.4, 0.5) is 0 Å². The fourth-order valence-corrected chi connectivity index (χ4v) is 3.20. The van der Waals surface area contributed by atoms with E-state index in [0.29, 0.717) is 11.4 Å². The first-order valence-corrected chi connectivity index (χ1v) is 8.49.